The highest BCUT2D eigenvalue weighted by Crippen LogP contribution is 2.27. The van der Waals surface area contributed by atoms with Gasteiger partial charge in [0.1, 0.15) is 29.5 Å². The summed E-state index contributed by atoms with van der Waals surface area (Å²) in [5, 5.41) is 8.37. The summed E-state index contributed by atoms with van der Waals surface area (Å²) in [6, 6.07) is 15.4. The zero-order valence-corrected chi connectivity index (χ0v) is 17.7. The van der Waals surface area contributed by atoms with Crippen molar-refractivity contribution in [1.29, 1.82) is 0 Å². The first-order valence-electron chi connectivity index (χ1n) is 10.2. The summed E-state index contributed by atoms with van der Waals surface area (Å²) in [6.07, 6.45) is 2.94. The van der Waals surface area contributed by atoms with Gasteiger partial charge in [-0.25, -0.2) is 4.68 Å². The van der Waals surface area contributed by atoms with Gasteiger partial charge in [0.05, 0.1) is 26.5 Å². The normalized spacial score (nSPS) is 13.5. The van der Waals surface area contributed by atoms with Gasteiger partial charge in [-0.3, -0.25) is 4.79 Å². The van der Waals surface area contributed by atoms with Gasteiger partial charge in [0, 0.05) is 25.6 Å². The van der Waals surface area contributed by atoms with Gasteiger partial charge in [-0.2, -0.15) is 0 Å². The fraction of sp³-hybridized carbons (Fsp3) is 0.348. The molecule has 2 aromatic carbocycles. The van der Waals surface area contributed by atoms with Crippen molar-refractivity contribution in [1.82, 2.24) is 19.9 Å². The Morgan fingerprint density at radius 2 is 1.87 bits per heavy atom. The minimum absolute atomic E-state index is 0.127. The van der Waals surface area contributed by atoms with E-state index in [0.717, 1.165) is 28.5 Å². The molecule has 2 heterocycles. The van der Waals surface area contributed by atoms with Crippen LogP contribution in [0.1, 0.15) is 23.7 Å². The van der Waals surface area contributed by atoms with Crippen LogP contribution in [0.4, 0.5) is 0 Å². The average molecular weight is 422 g/mol. The summed E-state index contributed by atoms with van der Waals surface area (Å²) >= 11 is 0. The first kappa shape index (κ1) is 20.7. The summed E-state index contributed by atoms with van der Waals surface area (Å²) in [6.45, 7) is 1.64. The fourth-order valence-corrected chi connectivity index (χ4v) is 3.52. The predicted molar refractivity (Wildman–Crippen MR) is 114 cm³/mol. The molecule has 31 heavy (non-hydrogen) atoms. The van der Waals surface area contributed by atoms with Gasteiger partial charge in [0.2, 0.25) is 5.91 Å². The minimum Gasteiger partial charge on any atom is -0.497 e. The molecule has 4 rings (SSSR count). The maximum Gasteiger partial charge on any atom is 0.223 e. The summed E-state index contributed by atoms with van der Waals surface area (Å²) in [7, 11) is 3.24. The van der Waals surface area contributed by atoms with Crippen molar-refractivity contribution in [3.63, 3.8) is 0 Å². The highest BCUT2D eigenvalue weighted by molar-refractivity contribution is 5.77. The van der Waals surface area contributed by atoms with Crippen molar-refractivity contribution < 1.29 is 19.0 Å². The molecular weight excluding hydrogens is 396 g/mol. The summed E-state index contributed by atoms with van der Waals surface area (Å²) in [5.74, 6) is 2.40. The molecule has 0 spiro atoms. The third-order valence-electron chi connectivity index (χ3n) is 5.38. The number of rotatable bonds is 9. The summed E-state index contributed by atoms with van der Waals surface area (Å²) < 4.78 is 18.2. The van der Waals surface area contributed by atoms with Gasteiger partial charge in [0.25, 0.3) is 0 Å². The molecule has 0 atom stereocenters. The number of aromatic nitrogens is 3. The largest absolute Gasteiger partial charge is 0.497 e. The molecule has 0 aliphatic carbocycles. The molecule has 8 heteroatoms. The molecule has 0 bridgehead atoms. The maximum atomic E-state index is 12.6. The number of ether oxygens (including phenoxy) is 3. The Kier molecular flexibility index (Phi) is 6.35. The molecule has 8 nitrogen and oxygen atoms in total. The van der Waals surface area contributed by atoms with Crippen LogP contribution in [0.5, 0.6) is 17.2 Å². The number of hydrogen-bond acceptors (Lipinski definition) is 6. The summed E-state index contributed by atoms with van der Waals surface area (Å²) in [4.78, 5) is 14.4. The van der Waals surface area contributed by atoms with Crippen LogP contribution in [0.25, 0.3) is 0 Å². The number of hydrogen-bond donors (Lipinski definition) is 0. The van der Waals surface area contributed by atoms with Gasteiger partial charge < -0.3 is 19.1 Å². The average Bonchev–Trinajstić information content (AvgIpc) is 3.24. The third kappa shape index (κ3) is 4.96. The zero-order valence-electron chi connectivity index (χ0n) is 17.7. The second kappa shape index (κ2) is 9.51. The Morgan fingerprint density at radius 1 is 1.06 bits per heavy atom. The summed E-state index contributed by atoms with van der Waals surface area (Å²) in [5.41, 5.74) is 1.76. The first-order valence-corrected chi connectivity index (χ1v) is 10.2. The van der Waals surface area contributed by atoms with Gasteiger partial charge in [-0.05, 0) is 30.2 Å². The van der Waals surface area contributed by atoms with Crippen molar-refractivity contribution in [2.24, 2.45) is 0 Å². The highest BCUT2D eigenvalue weighted by atomic mass is 16.5. The third-order valence-corrected chi connectivity index (χ3v) is 5.38. The van der Waals surface area contributed by atoms with Crippen LogP contribution in [0, 0.1) is 0 Å². The van der Waals surface area contributed by atoms with E-state index in [1.54, 1.807) is 14.2 Å². The molecule has 0 radical (unpaired) electrons. The second-order valence-corrected chi connectivity index (χ2v) is 7.42. The highest BCUT2D eigenvalue weighted by Gasteiger charge is 2.32. The van der Waals surface area contributed by atoms with E-state index in [4.69, 9.17) is 14.2 Å². The Labute approximate surface area is 181 Å². The van der Waals surface area contributed by atoms with Crippen molar-refractivity contribution in [2.75, 3.05) is 27.3 Å². The van der Waals surface area contributed by atoms with Gasteiger partial charge in [-0.1, -0.05) is 29.5 Å². The zero-order chi connectivity index (χ0) is 21.6. The van der Waals surface area contributed by atoms with Crippen LogP contribution >= 0.6 is 0 Å². The fourth-order valence-electron chi connectivity index (χ4n) is 3.52. The van der Waals surface area contributed by atoms with E-state index in [-0.39, 0.29) is 11.9 Å². The maximum absolute atomic E-state index is 12.6. The number of nitrogens with zero attached hydrogens (tertiary/aromatic N) is 4. The Balaban J connectivity index is 1.24. The number of carbonyl (C=O) groups excluding carboxylic acids is 1. The van der Waals surface area contributed by atoms with Gasteiger partial charge >= 0.3 is 0 Å². The molecule has 1 aliphatic heterocycles. The van der Waals surface area contributed by atoms with Crippen LogP contribution in [0.15, 0.2) is 54.7 Å². The predicted octanol–water partition coefficient (Wildman–Crippen LogP) is 2.89. The molecule has 162 valence electrons. The minimum atomic E-state index is 0.127. The van der Waals surface area contributed by atoms with E-state index < -0.39 is 0 Å². The van der Waals surface area contributed by atoms with Crippen LogP contribution in [0.3, 0.4) is 0 Å². The van der Waals surface area contributed by atoms with Gasteiger partial charge in [-0.15, -0.1) is 5.10 Å². The number of benzene rings is 2. The molecule has 1 fully saturated rings. The van der Waals surface area contributed by atoms with E-state index in [2.05, 4.69) is 10.3 Å². The van der Waals surface area contributed by atoms with Gasteiger partial charge in [0.15, 0.2) is 0 Å². The Hall–Kier alpha value is -3.55. The molecule has 0 N–H and O–H groups in total. The number of amides is 1. The van der Waals surface area contributed by atoms with E-state index in [9.17, 15) is 4.79 Å². The van der Waals surface area contributed by atoms with Crippen molar-refractivity contribution in [3.8, 4) is 17.2 Å². The van der Waals surface area contributed by atoms with Crippen LogP contribution < -0.4 is 14.2 Å². The number of aryl methyl sites for hydroxylation is 1. The lowest BCUT2D eigenvalue weighted by Crippen LogP contribution is -2.51. The quantitative estimate of drug-likeness (QED) is 0.528. The molecule has 1 amide bonds. The van der Waals surface area contributed by atoms with E-state index in [1.165, 1.54) is 0 Å². The smallest absolute Gasteiger partial charge is 0.223 e. The number of likely N-dealkylation sites (tertiary alicyclic amines) is 1. The molecular formula is C23H26N4O4. The standard InChI is InChI=1S/C23H26N4O4/c1-29-21-10-8-17(22(12-21)30-2)9-11-23(28)26-14-19(15-26)27-13-18(24-25-27)16-31-20-6-4-3-5-7-20/h3-8,10,12-13,19H,9,11,14-16H2,1-2H3. The molecule has 1 aliphatic rings. The van der Waals surface area contributed by atoms with Crippen LogP contribution in [-0.2, 0) is 17.8 Å². The topological polar surface area (TPSA) is 78.7 Å². The van der Waals surface area contributed by atoms with Crippen molar-refractivity contribution in [2.45, 2.75) is 25.5 Å². The van der Waals surface area contributed by atoms with E-state index >= 15 is 0 Å². The van der Waals surface area contributed by atoms with Crippen molar-refractivity contribution >= 4 is 5.91 Å². The second-order valence-electron chi connectivity index (χ2n) is 7.42. The van der Waals surface area contributed by atoms with E-state index in [0.29, 0.717) is 32.5 Å². The molecule has 3 aromatic rings. The molecule has 1 saturated heterocycles. The van der Waals surface area contributed by atoms with Crippen molar-refractivity contribution in [3.05, 3.63) is 66.0 Å². The number of methoxy groups -OCH3 is 2. The Bertz CT molecular complexity index is 1020. The first-order chi connectivity index (χ1) is 15.2. The SMILES string of the molecule is COc1ccc(CCC(=O)N2CC(n3cc(COc4ccccc4)nn3)C2)c(OC)c1. The lowest BCUT2D eigenvalue weighted by molar-refractivity contribution is -0.137. The molecule has 1 aromatic heterocycles. The van der Waals surface area contributed by atoms with E-state index in [1.807, 2.05) is 64.3 Å². The molecule has 0 saturated carbocycles. The molecule has 0 unspecified atom stereocenters. The lowest BCUT2D eigenvalue weighted by atomic mass is 10.0. The number of para-hydroxylation sites is 1. The van der Waals surface area contributed by atoms with Crippen LogP contribution in [0.2, 0.25) is 0 Å². The van der Waals surface area contributed by atoms with Crippen LogP contribution in [-0.4, -0.2) is 53.1 Å². The monoisotopic (exact) mass is 422 g/mol. The Morgan fingerprint density at radius 3 is 2.61 bits per heavy atom. The number of carbonyl (C=O) groups is 1. The lowest BCUT2D eigenvalue weighted by Gasteiger charge is -2.39.